The van der Waals surface area contributed by atoms with Gasteiger partial charge in [0.1, 0.15) is 0 Å². The number of fused-ring (bicyclic) bond motifs is 1. The summed E-state index contributed by atoms with van der Waals surface area (Å²) in [7, 11) is 0. The summed E-state index contributed by atoms with van der Waals surface area (Å²) in [6.45, 7) is 4.88. The normalized spacial score (nSPS) is 17.8. The quantitative estimate of drug-likeness (QED) is 0.805. The van der Waals surface area contributed by atoms with Crippen LogP contribution in [0, 0.1) is 0 Å². The molecule has 0 radical (unpaired) electrons. The maximum atomic E-state index is 12.9. The molecule has 0 fully saturated rings. The van der Waals surface area contributed by atoms with Crippen molar-refractivity contribution in [1.82, 2.24) is 4.57 Å². The number of benzene rings is 1. The average molecular weight is 341 g/mol. The predicted octanol–water partition coefficient (Wildman–Crippen LogP) is 4.04. The molecule has 3 rings (SSSR count). The fourth-order valence-corrected chi connectivity index (χ4v) is 3.60. The molecule has 25 heavy (non-hydrogen) atoms. The molecule has 0 aliphatic carbocycles. The van der Waals surface area contributed by atoms with E-state index in [9.17, 15) is 14.7 Å². The van der Waals surface area contributed by atoms with Crippen molar-refractivity contribution < 1.29 is 19.4 Å². The van der Waals surface area contributed by atoms with E-state index in [1.54, 1.807) is 0 Å². The van der Waals surface area contributed by atoms with Crippen molar-refractivity contribution in [3.8, 4) is 0 Å². The van der Waals surface area contributed by atoms with Gasteiger partial charge in [0.15, 0.2) is 5.78 Å². The van der Waals surface area contributed by atoms with Crippen LogP contribution in [-0.2, 0) is 11.3 Å². The van der Waals surface area contributed by atoms with E-state index in [-0.39, 0.29) is 23.4 Å². The number of aromatic nitrogens is 1. The highest BCUT2D eigenvalue weighted by molar-refractivity contribution is 5.99. The summed E-state index contributed by atoms with van der Waals surface area (Å²) in [5.74, 6) is -0.904. The van der Waals surface area contributed by atoms with Gasteiger partial charge in [0.25, 0.3) is 0 Å². The third kappa shape index (κ3) is 3.37. The molecular formula is C20H23NO4. The minimum Gasteiger partial charge on any atom is -0.478 e. The molecule has 0 saturated heterocycles. The monoisotopic (exact) mass is 341 g/mol. The van der Waals surface area contributed by atoms with Gasteiger partial charge in [0, 0.05) is 13.0 Å². The van der Waals surface area contributed by atoms with Crippen LogP contribution in [-0.4, -0.2) is 28.0 Å². The van der Waals surface area contributed by atoms with Crippen molar-refractivity contribution in [3.63, 3.8) is 0 Å². The Hall–Kier alpha value is -2.40. The zero-order valence-corrected chi connectivity index (χ0v) is 14.6. The Balaban J connectivity index is 1.92. The molecule has 132 valence electrons. The van der Waals surface area contributed by atoms with E-state index in [1.807, 2.05) is 41.8 Å². The molecule has 2 aromatic rings. The van der Waals surface area contributed by atoms with Crippen LogP contribution >= 0.6 is 0 Å². The average Bonchev–Trinajstić information content (AvgIpc) is 3.02. The third-order valence-electron chi connectivity index (χ3n) is 4.92. The van der Waals surface area contributed by atoms with E-state index in [0.717, 1.165) is 12.0 Å². The van der Waals surface area contributed by atoms with Crippen molar-refractivity contribution in [2.45, 2.75) is 45.3 Å². The Kier molecular flexibility index (Phi) is 5.04. The van der Waals surface area contributed by atoms with Gasteiger partial charge in [-0.2, -0.15) is 0 Å². The molecule has 1 aromatic carbocycles. The second kappa shape index (κ2) is 7.23. The van der Waals surface area contributed by atoms with Crippen molar-refractivity contribution in [1.29, 1.82) is 0 Å². The minimum atomic E-state index is -1.02. The second-order valence-electron chi connectivity index (χ2n) is 6.44. The van der Waals surface area contributed by atoms with Gasteiger partial charge in [-0.05, 0) is 30.9 Å². The lowest BCUT2D eigenvalue weighted by atomic mass is 9.90. The SMILES string of the molecule is CC[C@@H](CC(=O)c1cc(C(=O)O)c2n1CCOC2C)c1ccccc1. The summed E-state index contributed by atoms with van der Waals surface area (Å²) in [6.07, 6.45) is 0.907. The Bertz CT molecular complexity index is 778. The number of aromatic carboxylic acids is 1. The molecule has 5 heteroatoms. The lowest BCUT2D eigenvalue weighted by Crippen LogP contribution is -2.24. The molecule has 1 aliphatic heterocycles. The zero-order chi connectivity index (χ0) is 18.0. The molecule has 0 spiro atoms. The maximum Gasteiger partial charge on any atom is 0.337 e. The first-order chi connectivity index (χ1) is 12.0. The molecule has 1 aromatic heterocycles. The number of hydrogen-bond acceptors (Lipinski definition) is 3. The molecule has 1 N–H and O–H groups in total. The standard InChI is InChI=1S/C20H23NO4/c1-3-14(15-7-5-4-6-8-15)11-18(22)17-12-16(20(23)24)19-13(2)25-10-9-21(17)19/h4-8,12-14H,3,9-11H2,1-2H3,(H,23,24)/t13?,14-/m0/s1. The van der Waals surface area contributed by atoms with Gasteiger partial charge in [-0.3, -0.25) is 4.79 Å². The summed E-state index contributed by atoms with van der Waals surface area (Å²) >= 11 is 0. The van der Waals surface area contributed by atoms with Crippen LogP contribution in [0.15, 0.2) is 36.4 Å². The Morgan fingerprint density at radius 2 is 2.04 bits per heavy atom. The Morgan fingerprint density at radius 1 is 1.32 bits per heavy atom. The smallest absolute Gasteiger partial charge is 0.337 e. The molecular weight excluding hydrogens is 318 g/mol. The number of rotatable bonds is 6. The lowest BCUT2D eigenvalue weighted by molar-refractivity contribution is 0.0300. The zero-order valence-electron chi connectivity index (χ0n) is 14.6. The van der Waals surface area contributed by atoms with Gasteiger partial charge in [-0.25, -0.2) is 4.79 Å². The number of carboxylic acids is 1. The largest absolute Gasteiger partial charge is 0.478 e. The van der Waals surface area contributed by atoms with Crippen LogP contribution in [0.1, 0.15) is 70.8 Å². The summed E-state index contributed by atoms with van der Waals surface area (Å²) < 4.78 is 7.40. The van der Waals surface area contributed by atoms with Gasteiger partial charge in [-0.1, -0.05) is 37.3 Å². The van der Waals surface area contributed by atoms with Crippen LogP contribution in [0.25, 0.3) is 0 Å². The maximum absolute atomic E-state index is 12.9. The molecule has 2 atom stereocenters. The van der Waals surface area contributed by atoms with Crippen molar-refractivity contribution in [2.75, 3.05) is 6.61 Å². The first kappa shape index (κ1) is 17.4. The fourth-order valence-electron chi connectivity index (χ4n) is 3.60. The van der Waals surface area contributed by atoms with Crippen molar-refractivity contribution in [3.05, 3.63) is 58.9 Å². The number of carboxylic acid groups (broad SMARTS) is 1. The van der Waals surface area contributed by atoms with Gasteiger partial charge < -0.3 is 14.4 Å². The Morgan fingerprint density at radius 3 is 2.68 bits per heavy atom. The fraction of sp³-hybridized carbons (Fsp3) is 0.400. The summed E-state index contributed by atoms with van der Waals surface area (Å²) in [5, 5.41) is 9.48. The topological polar surface area (TPSA) is 68.5 Å². The van der Waals surface area contributed by atoms with E-state index < -0.39 is 5.97 Å². The van der Waals surface area contributed by atoms with Gasteiger partial charge in [0.2, 0.25) is 0 Å². The number of Topliss-reactive ketones (excluding diaryl/α,β-unsaturated/α-hetero) is 1. The second-order valence-corrected chi connectivity index (χ2v) is 6.44. The van der Waals surface area contributed by atoms with Crippen LogP contribution in [0.4, 0.5) is 0 Å². The number of carbonyl (C=O) groups excluding carboxylic acids is 1. The predicted molar refractivity (Wildman–Crippen MR) is 94.2 cm³/mol. The van der Waals surface area contributed by atoms with Gasteiger partial charge >= 0.3 is 5.97 Å². The highest BCUT2D eigenvalue weighted by Gasteiger charge is 2.30. The molecule has 1 unspecified atom stereocenters. The number of ketones is 1. The summed E-state index contributed by atoms with van der Waals surface area (Å²) in [5.41, 5.74) is 2.38. The van der Waals surface area contributed by atoms with E-state index >= 15 is 0 Å². The number of carbonyl (C=O) groups is 2. The first-order valence-corrected chi connectivity index (χ1v) is 8.69. The first-order valence-electron chi connectivity index (χ1n) is 8.69. The van der Waals surface area contributed by atoms with Crippen LogP contribution < -0.4 is 0 Å². The molecule has 5 nitrogen and oxygen atoms in total. The Labute approximate surface area is 147 Å². The summed E-state index contributed by atoms with van der Waals surface area (Å²) in [4.78, 5) is 24.5. The van der Waals surface area contributed by atoms with E-state index in [1.165, 1.54) is 6.07 Å². The van der Waals surface area contributed by atoms with E-state index in [2.05, 4.69) is 6.92 Å². The molecule has 0 bridgehead atoms. The van der Waals surface area contributed by atoms with Crippen molar-refractivity contribution >= 4 is 11.8 Å². The molecule has 0 amide bonds. The van der Waals surface area contributed by atoms with Crippen LogP contribution in [0.5, 0.6) is 0 Å². The number of ether oxygens (including phenoxy) is 1. The lowest BCUT2D eigenvalue weighted by Gasteiger charge is -2.25. The highest BCUT2D eigenvalue weighted by atomic mass is 16.5. The number of nitrogens with zero attached hydrogens (tertiary/aromatic N) is 1. The highest BCUT2D eigenvalue weighted by Crippen LogP contribution is 2.31. The van der Waals surface area contributed by atoms with E-state index in [4.69, 9.17) is 4.74 Å². The number of hydrogen-bond donors (Lipinski definition) is 1. The third-order valence-corrected chi connectivity index (χ3v) is 4.92. The van der Waals surface area contributed by atoms with Crippen LogP contribution in [0.3, 0.4) is 0 Å². The minimum absolute atomic E-state index is 0.0152. The molecule has 2 heterocycles. The van der Waals surface area contributed by atoms with E-state index in [0.29, 0.717) is 31.0 Å². The molecule has 1 aliphatic rings. The van der Waals surface area contributed by atoms with Crippen molar-refractivity contribution in [2.24, 2.45) is 0 Å². The van der Waals surface area contributed by atoms with Crippen LogP contribution in [0.2, 0.25) is 0 Å². The van der Waals surface area contributed by atoms with Gasteiger partial charge in [-0.15, -0.1) is 0 Å². The molecule has 0 saturated carbocycles. The van der Waals surface area contributed by atoms with Gasteiger partial charge in [0.05, 0.1) is 29.7 Å². The summed E-state index contributed by atoms with van der Waals surface area (Å²) in [6, 6.07) is 11.5.